The van der Waals surface area contributed by atoms with Crippen molar-refractivity contribution in [1.29, 1.82) is 0 Å². The fourth-order valence-electron chi connectivity index (χ4n) is 2.58. The molecule has 0 aliphatic heterocycles. The highest BCUT2D eigenvalue weighted by molar-refractivity contribution is 7.16. The van der Waals surface area contributed by atoms with Gasteiger partial charge >= 0.3 is 0 Å². The van der Waals surface area contributed by atoms with Crippen molar-refractivity contribution in [1.82, 2.24) is 14.9 Å². The summed E-state index contributed by atoms with van der Waals surface area (Å²) in [6.45, 7) is 0.901. The third kappa shape index (κ3) is 2.30. The van der Waals surface area contributed by atoms with E-state index in [0.29, 0.717) is 5.28 Å². The Kier molecular flexibility index (Phi) is 3.37. The van der Waals surface area contributed by atoms with Gasteiger partial charge in [0.05, 0.1) is 5.39 Å². The summed E-state index contributed by atoms with van der Waals surface area (Å²) < 4.78 is 0. The number of nitrogens with zero attached hydrogens (tertiary/aromatic N) is 3. The van der Waals surface area contributed by atoms with E-state index >= 15 is 0 Å². The number of aromatic nitrogens is 2. The average molecular weight is 297 g/mol. The number of halogens is 1. The highest BCUT2D eigenvalue weighted by atomic mass is 35.5. The van der Waals surface area contributed by atoms with Crippen LogP contribution in [0.1, 0.15) is 19.3 Å². The van der Waals surface area contributed by atoms with Crippen molar-refractivity contribution >= 4 is 39.0 Å². The van der Waals surface area contributed by atoms with Gasteiger partial charge in [0.1, 0.15) is 10.6 Å². The number of rotatable bonds is 4. The van der Waals surface area contributed by atoms with Gasteiger partial charge in [0.2, 0.25) is 5.28 Å². The van der Waals surface area contributed by atoms with Gasteiger partial charge in [-0.3, -0.25) is 0 Å². The smallest absolute Gasteiger partial charge is 0.225 e. The summed E-state index contributed by atoms with van der Waals surface area (Å²) in [5.74, 6) is 0.851. The standard InChI is InChI=1S/C13H17ClN4S/c1-18(2)13(5-3-6-13)8-15-10-9-4-7-19-11(9)17-12(14)16-10/h4,7H,3,5-6,8H2,1-2H3,(H,15,16,17). The van der Waals surface area contributed by atoms with Gasteiger partial charge in [-0.25, -0.2) is 9.97 Å². The molecule has 0 bridgehead atoms. The molecule has 0 saturated heterocycles. The molecule has 0 spiro atoms. The van der Waals surface area contributed by atoms with E-state index < -0.39 is 0 Å². The van der Waals surface area contributed by atoms with Crippen LogP contribution in [0.4, 0.5) is 5.82 Å². The summed E-state index contributed by atoms with van der Waals surface area (Å²) in [5.41, 5.74) is 0.264. The zero-order chi connectivity index (χ0) is 13.5. The molecule has 0 atom stereocenters. The zero-order valence-corrected chi connectivity index (χ0v) is 12.7. The first-order valence-corrected chi connectivity index (χ1v) is 7.69. The Bertz CT molecular complexity index is 591. The lowest BCUT2D eigenvalue weighted by atomic mass is 9.75. The largest absolute Gasteiger partial charge is 0.368 e. The molecular formula is C13H17ClN4S. The minimum Gasteiger partial charge on any atom is -0.368 e. The molecule has 0 radical (unpaired) electrons. The predicted molar refractivity (Wildman–Crippen MR) is 81.2 cm³/mol. The van der Waals surface area contributed by atoms with Gasteiger partial charge in [0.15, 0.2) is 0 Å². The van der Waals surface area contributed by atoms with Crippen molar-refractivity contribution in [2.24, 2.45) is 0 Å². The Morgan fingerprint density at radius 3 is 2.84 bits per heavy atom. The Hall–Kier alpha value is -0.910. The number of fused-ring (bicyclic) bond motifs is 1. The quantitative estimate of drug-likeness (QED) is 0.880. The molecule has 1 aliphatic carbocycles. The van der Waals surface area contributed by atoms with Crippen LogP contribution in [0.3, 0.4) is 0 Å². The molecule has 3 rings (SSSR count). The Morgan fingerprint density at radius 2 is 2.21 bits per heavy atom. The number of anilines is 1. The molecule has 2 aromatic rings. The lowest BCUT2D eigenvalue weighted by molar-refractivity contribution is 0.0738. The Labute approximate surface area is 121 Å². The van der Waals surface area contributed by atoms with Gasteiger partial charge in [-0.15, -0.1) is 11.3 Å². The van der Waals surface area contributed by atoms with Gasteiger partial charge in [-0.1, -0.05) is 0 Å². The molecule has 4 nitrogen and oxygen atoms in total. The van der Waals surface area contributed by atoms with Crippen LogP contribution in [0.15, 0.2) is 11.4 Å². The SMILES string of the molecule is CN(C)C1(CNc2nc(Cl)nc3sccc23)CCC1. The van der Waals surface area contributed by atoms with Gasteiger partial charge < -0.3 is 10.2 Å². The van der Waals surface area contributed by atoms with Gasteiger partial charge in [0.25, 0.3) is 0 Å². The molecule has 6 heteroatoms. The second-order valence-electron chi connectivity index (χ2n) is 5.31. The van der Waals surface area contributed by atoms with Crippen LogP contribution in [-0.2, 0) is 0 Å². The van der Waals surface area contributed by atoms with E-state index in [1.807, 2.05) is 11.4 Å². The van der Waals surface area contributed by atoms with E-state index in [1.165, 1.54) is 19.3 Å². The van der Waals surface area contributed by atoms with Crippen molar-refractivity contribution in [3.63, 3.8) is 0 Å². The molecule has 0 aromatic carbocycles. The average Bonchev–Trinajstić information content (AvgIpc) is 2.74. The Morgan fingerprint density at radius 1 is 1.42 bits per heavy atom. The molecule has 2 aromatic heterocycles. The van der Waals surface area contributed by atoms with Crippen LogP contribution in [0, 0.1) is 0 Å². The van der Waals surface area contributed by atoms with Crippen molar-refractivity contribution in [3.8, 4) is 0 Å². The first-order valence-electron chi connectivity index (χ1n) is 6.43. The molecule has 1 aliphatic rings. The van der Waals surface area contributed by atoms with Crippen LogP contribution in [0.5, 0.6) is 0 Å². The van der Waals surface area contributed by atoms with E-state index in [0.717, 1.165) is 22.6 Å². The molecule has 19 heavy (non-hydrogen) atoms. The van der Waals surface area contributed by atoms with Crippen molar-refractivity contribution in [2.45, 2.75) is 24.8 Å². The number of hydrogen-bond acceptors (Lipinski definition) is 5. The van der Waals surface area contributed by atoms with Gasteiger partial charge in [0, 0.05) is 12.1 Å². The summed E-state index contributed by atoms with van der Waals surface area (Å²) in [7, 11) is 4.29. The van der Waals surface area contributed by atoms with E-state index in [4.69, 9.17) is 11.6 Å². The summed E-state index contributed by atoms with van der Waals surface area (Å²) in [6.07, 6.45) is 3.77. The fourth-order valence-corrected chi connectivity index (χ4v) is 3.56. The van der Waals surface area contributed by atoms with Crippen LogP contribution in [0.2, 0.25) is 5.28 Å². The maximum Gasteiger partial charge on any atom is 0.225 e. The topological polar surface area (TPSA) is 41.0 Å². The van der Waals surface area contributed by atoms with E-state index in [9.17, 15) is 0 Å². The first-order chi connectivity index (χ1) is 9.11. The summed E-state index contributed by atoms with van der Waals surface area (Å²) in [4.78, 5) is 11.8. The van der Waals surface area contributed by atoms with Gasteiger partial charge in [-0.2, -0.15) is 0 Å². The minimum absolute atomic E-state index is 0.264. The molecular weight excluding hydrogens is 280 g/mol. The second kappa shape index (κ2) is 4.89. The predicted octanol–water partition coefficient (Wildman–Crippen LogP) is 3.24. The Balaban J connectivity index is 1.83. The normalized spacial score (nSPS) is 17.7. The van der Waals surface area contributed by atoms with Crippen LogP contribution in [0.25, 0.3) is 10.2 Å². The fraction of sp³-hybridized carbons (Fsp3) is 0.538. The second-order valence-corrected chi connectivity index (χ2v) is 6.54. The van der Waals surface area contributed by atoms with E-state index in [2.05, 4.69) is 34.3 Å². The lowest BCUT2D eigenvalue weighted by Gasteiger charge is -2.47. The molecule has 102 valence electrons. The highest BCUT2D eigenvalue weighted by Crippen LogP contribution is 2.36. The van der Waals surface area contributed by atoms with Crippen LogP contribution >= 0.6 is 22.9 Å². The summed E-state index contributed by atoms with van der Waals surface area (Å²) >= 11 is 7.56. The van der Waals surface area contributed by atoms with Crippen LogP contribution < -0.4 is 5.32 Å². The highest BCUT2D eigenvalue weighted by Gasteiger charge is 2.38. The molecule has 1 saturated carbocycles. The first kappa shape index (κ1) is 13.1. The van der Waals surface area contributed by atoms with E-state index in [-0.39, 0.29) is 5.54 Å². The minimum atomic E-state index is 0.264. The molecule has 0 unspecified atom stereocenters. The van der Waals surface area contributed by atoms with E-state index in [1.54, 1.807) is 11.3 Å². The monoisotopic (exact) mass is 296 g/mol. The van der Waals surface area contributed by atoms with Crippen molar-refractivity contribution < 1.29 is 0 Å². The number of nitrogens with one attached hydrogen (secondary N) is 1. The maximum atomic E-state index is 5.98. The van der Waals surface area contributed by atoms with Crippen LogP contribution in [-0.4, -0.2) is 41.0 Å². The van der Waals surface area contributed by atoms with Crippen molar-refractivity contribution in [3.05, 3.63) is 16.7 Å². The maximum absolute atomic E-state index is 5.98. The number of likely N-dealkylation sites (N-methyl/N-ethyl adjacent to an activating group) is 1. The lowest BCUT2D eigenvalue weighted by Crippen LogP contribution is -2.54. The molecule has 1 N–H and O–H groups in total. The zero-order valence-electron chi connectivity index (χ0n) is 11.1. The molecule has 1 fully saturated rings. The third-order valence-electron chi connectivity index (χ3n) is 4.12. The summed E-state index contributed by atoms with van der Waals surface area (Å²) in [6, 6.07) is 2.04. The molecule has 0 amide bonds. The number of thiophene rings is 1. The third-order valence-corrected chi connectivity index (χ3v) is 5.09. The summed E-state index contributed by atoms with van der Waals surface area (Å²) in [5, 5.41) is 6.86. The molecule has 2 heterocycles. The number of hydrogen-bond donors (Lipinski definition) is 1. The van der Waals surface area contributed by atoms with Gasteiger partial charge in [-0.05, 0) is 56.4 Å². The van der Waals surface area contributed by atoms with Crippen molar-refractivity contribution in [2.75, 3.05) is 26.0 Å².